The van der Waals surface area contributed by atoms with Gasteiger partial charge in [0.05, 0.1) is 6.54 Å². The summed E-state index contributed by atoms with van der Waals surface area (Å²) in [4.78, 5) is 14.9. The van der Waals surface area contributed by atoms with Gasteiger partial charge < -0.3 is 4.74 Å². The number of nitrogens with zero attached hydrogens (tertiary/aromatic N) is 3. The summed E-state index contributed by atoms with van der Waals surface area (Å²) >= 11 is 0. The average Bonchev–Trinajstić information content (AvgIpc) is 3.00. The van der Waals surface area contributed by atoms with E-state index in [9.17, 15) is 9.18 Å². The van der Waals surface area contributed by atoms with Crippen molar-refractivity contribution in [3.8, 4) is 22.4 Å². The second-order valence-corrected chi connectivity index (χ2v) is 5.24. The smallest absolute Gasteiger partial charge is 0.302 e. The van der Waals surface area contributed by atoms with Crippen LogP contribution in [-0.4, -0.2) is 27.3 Å². The first-order valence-corrected chi connectivity index (χ1v) is 7.50. The first-order chi connectivity index (χ1) is 11.6. The fraction of sp³-hybridized carbons (Fsp3) is 0.167. The molecule has 3 rings (SSSR count). The molecule has 0 atom stereocenters. The molecule has 2 heterocycles. The van der Waals surface area contributed by atoms with E-state index in [1.807, 2.05) is 18.3 Å². The summed E-state index contributed by atoms with van der Waals surface area (Å²) in [6.07, 6.45) is 5.30. The molecule has 0 saturated carbocycles. The quantitative estimate of drug-likeness (QED) is 0.675. The molecule has 0 radical (unpaired) electrons. The predicted octanol–water partition coefficient (Wildman–Crippen LogP) is 3.31. The highest BCUT2D eigenvalue weighted by Crippen LogP contribution is 2.30. The number of benzene rings is 1. The van der Waals surface area contributed by atoms with Crippen molar-refractivity contribution in [1.29, 1.82) is 0 Å². The molecule has 0 fully saturated rings. The Labute approximate surface area is 138 Å². The summed E-state index contributed by atoms with van der Waals surface area (Å²) in [6.45, 7) is 2.06. The Morgan fingerprint density at radius 1 is 1.12 bits per heavy atom. The summed E-state index contributed by atoms with van der Waals surface area (Å²) in [5, 5.41) is 4.57. The SMILES string of the molecule is CC(=O)OCCn1cc(-c2ccncc2)c(-c2ccc(F)cc2)n1. The number of halogens is 1. The van der Waals surface area contributed by atoms with Crippen molar-refractivity contribution in [1.82, 2.24) is 14.8 Å². The fourth-order valence-corrected chi connectivity index (χ4v) is 2.38. The molecule has 0 aliphatic rings. The molecule has 0 bridgehead atoms. The van der Waals surface area contributed by atoms with Crippen LogP contribution in [0.5, 0.6) is 0 Å². The zero-order chi connectivity index (χ0) is 16.9. The molecule has 0 amide bonds. The number of rotatable bonds is 5. The molecule has 0 spiro atoms. The van der Waals surface area contributed by atoms with E-state index in [0.717, 1.165) is 22.4 Å². The Morgan fingerprint density at radius 3 is 2.50 bits per heavy atom. The lowest BCUT2D eigenvalue weighted by atomic mass is 10.0. The third-order valence-corrected chi connectivity index (χ3v) is 3.50. The van der Waals surface area contributed by atoms with Crippen LogP contribution in [-0.2, 0) is 16.1 Å². The third-order valence-electron chi connectivity index (χ3n) is 3.50. The van der Waals surface area contributed by atoms with E-state index in [-0.39, 0.29) is 18.4 Å². The molecule has 0 unspecified atom stereocenters. The molecular weight excluding hydrogens is 309 g/mol. The van der Waals surface area contributed by atoms with E-state index in [1.165, 1.54) is 19.1 Å². The topological polar surface area (TPSA) is 57.0 Å². The summed E-state index contributed by atoms with van der Waals surface area (Å²) in [5.41, 5.74) is 3.42. The maximum absolute atomic E-state index is 13.2. The van der Waals surface area contributed by atoms with Gasteiger partial charge in [0.25, 0.3) is 0 Å². The van der Waals surface area contributed by atoms with Crippen LogP contribution in [0.25, 0.3) is 22.4 Å². The Morgan fingerprint density at radius 2 is 1.83 bits per heavy atom. The third kappa shape index (κ3) is 3.65. The predicted molar refractivity (Wildman–Crippen MR) is 87.5 cm³/mol. The van der Waals surface area contributed by atoms with Crippen molar-refractivity contribution >= 4 is 5.97 Å². The average molecular weight is 325 g/mol. The Balaban J connectivity index is 1.97. The first-order valence-electron chi connectivity index (χ1n) is 7.50. The van der Waals surface area contributed by atoms with Gasteiger partial charge in [0, 0.05) is 36.6 Å². The van der Waals surface area contributed by atoms with Crippen molar-refractivity contribution in [2.24, 2.45) is 0 Å². The van der Waals surface area contributed by atoms with Crippen LogP contribution in [0, 0.1) is 5.82 Å². The molecule has 5 nitrogen and oxygen atoms in total. The molecule has 0 aliphatic carbocycles. The molecule has 1 aromatic carbocycles. The monoisotopic (exact) mass is 325 g/mol. The molecular formula is C18H16FN3O2. The maximum atomic E-state index is 13.2. The molecule has 2 aromatic heterocycles. The minimum Gasteiger partial charge on any atom is -0.464 e. The van der Waals surface area contributed by atoms with Crippen molar-refractivity contribution in [2.45, 2.75) is 13.5 Å². The van der Waals surface area contributed by atoms with E-state index in [4.69, 9.17) is 4.74 Å². The number of esters is 1. The van der Waals surface area contributed by atoms with Crippen LogP contribution in [0.1, 0.15) is 6.92 Å². The zero-order valence-electron chi connectivity index (χ0n) is 13.1. The van der Waals surface area contributed by atoms with Crippen LogP contribution < -0.4 is 0 Å². The van der Waals surface area contributed by atoms with Crippen molar-refractivity contribution in [2.75, 3.05) is 6.61 Å². The normalized spacial score (nSPS) is 10.6. The van der Waals surface area contributed by atoms with Gasteiger partial charge in [0.1, 0.15) is 18.1 Å². The largest absolute Gasteiger partial charge is 0.464 e. The van der Waals surface area contributed by atoms with Crippen LogP contribution in [0.2, 0.25) is 0 Å². The van der Waals surface area contributed by atoms with E-state index in [1.54, 1.807) is 29.2 Å². The first kappa shape index (κ1) is 15.9. The molecule has 24 heavy (non-hydrogen) atoms. The van der Waals surface area contributed by atoms with Gasteiger partial charge in [-0.15, -0.1) is 0 Å². The van der Waals surface area contributed by atoms with Gasteiger partial charge in [0.2, 0.25) is 0 Å². The van der Waals surface area contributed by atoms with Gasteiger partial charge >= 0.3 is 5.97 Å². The lowest BCUT2D eigenvalue weighted by Gasteiger charge is -2.02. The van der Waals surface area contributed by atoms with Gasteiger partial charge in [-0.05, 0) is 42.0 Å². The van der Waals surface area contributed by atoms with Gasteiger partial charge in [0.15, 0.2) is 0 Å². The molecule has 6 heteroatoms. The minimum absolute atomic E-state index is 0.246. The van der Waals surface area contributed by atoms with Crippen molar-refractivity contribution in [3.63, 3.8) is 0 Å². The number of carbonyl (C=O) groups is 1. The maximum Gasteiger partial charge on any atom is 0.302 e. The summed E-state index contributed by atoms with van der Waals surface area (Å²) in [6, 6.07) is 9.98. The number of carbonyl (C=O) groups excluding carboxylic acids is 1. The summed E-state index contributed by atoms with van der Waals surface area (Å²) in [5.74, 6) is -0.617. The van der Waals surface area contributed by atoms with E-state index in [2.05, 4.69) is 10.1 Å². The fourth-order valence-electron chi connectivity index (χ4n) is 2.38. The van der Waals surface area contributed by atoms with Gasteiger partial charge in [-0.1, -0.05) is 0 Å². The Kier molecular flexibility index (Phi) is 4.65. The highest BCUT2D eigenvalue weighted by Gasteiger charge is 2.13. The Bertz CT molecular complexity index is 829. The minimum atomic E-state index is -0.324. The molecule has 3 aromatic rings. The van der Waals surface area contributed by atoms with Gasteiger partial charge in [-0.2, -0.15) is 5.10 Å². The lowest BCUT2D eigenvalue weighted by molar-refractivity contribution is -0.141. The van der Waals surface area contributed by atoms with Crippen LogP contribution in [0.3, 0.4) is 0 Å². The number of pyridine rings is 1. The zero-order valence-corrected chi connectivity index (χ0v) is 13.1. The van der Waals surface area contributed by atoms with E-state index < -0.39 is 0 Å². The molecule has 0 saturated heterocycles. The van der Waals surface area contributed by atoms with Crippen LogP contribution in [0.4, 0.5) is 4.39 Å². The van der Waals surface area contributed by atoms with Crippen LogP contribution in [0.15, 0.2) is 55.0 Å². The highest BCUT2D eigenvalue weighted by atomic mass is 19.1. The number of hydrogen-bond donors (Lipinski definition) is 0. The number of aromatic nitrogens is 3. The second-order valence-electron chi connectivity index (χ2n) is 5.24. The van der Waals surface area contributed by atoms with Crippen molar-refractivity contribution < 1.29 is 13.9 Å². The summed E-state index contributed by atoms with van der Waals surface area (Å²) < 4.78 is 19.9. The Hall–Kier alpha value is -3.02. The van der Waals surface area contributed by atoms with Gasteiger partial charge in [-0.25, -0.2) is 4.39 Å². The standard InChI is InChI=1S/C18H16FN3O2/c1-13(23)24-11-10-22-12-17(14-6-8-20-9-7-14)18(21-22)15-2-4-16(19)5-3-15/h2-9,12H,10-11H2,1H3. The molecule has 0 aliphatic heterocycles. The second kappa shape index (κ2) is 7.04. The molecule has 0 N–H and O–H groups in total. The van der Waals surface area contributed by atoms with Crippen molar-refractivity contribution in [3.05, 3.63) is 60.8 Å². The lowest BCUT2D eigenvalue weighted by Crippen LogP contribution is -2.09. The highest BCUT2D eigenvalue weighted by molar-refractivity contribution is 5.80. The number of hydrogen-bond acceptors (Lipinski definition) is 4. The molecule has 122 valence electrons. The number of ether oxygens (including phenoxy) is 1. The van der Waals surface area contributed by atoms with Crippen LogP contribution >= 0.6 is 0 Å². The summed E-state index contributed by atoms with van der Waals surface area (Å²) in [7, 11) is 0. The van der Waals surface area contributed by atoms with Gasteiger partial charge in [-0.3, -0.25) is 14.5 Å². The van der Waals surface area contributed by atoms with E-state index >= 15 is 0 Å². The van der Waals surface area contributed by atoms with E-state index in [0.29, 0.717) is 6.54 Å².